The Morgan fingerprint density at radius 1 is 0.533 bits per heavy atom. The summed E-state index contributed by atoms with van der Waals surface area (Å²) in [5, 5.41) is 5.19. The molecule has 0 saturated heterocycles. The molecule has 0 aromatic heterocycles. The average molecular weight is 396 g/mol. The van der Waals surface area contributed by atoms with Gasteiger partial charge in [-0.15, -0.1) is 0 Å². The van der Waals surface area contributed by atoms with Crippen LogP contribution in [0.1, 0.15) is 52.7 Å². The molecule has 0 heterocycles. The number of rotatable bonds is 2. The van der Waals surface area contributed by atoms with Crippen molar-refractivity contribution in [1.82, 2.24) is 0 Å². The Morgan fingerprint density at radius 3 is 1.73 bits per heavy atom. The lowest BCUT2D eigenvalue weighted by atomic mass is 9.80. The fourth-order valence-electron chi connectivity index (χ4n) is 4.03. The molecule has 0 fully saturated rings. The summed E-state index contributed by atoms with van der Waals surface area (Å²) in [7, 11) is 2.18. The van der Waals surface area contributed by atoms with Crippen molar-refractivity contribution < 1.29 is 0 Å². The van der Waals surface area contributed by atoms with Gasteiger partial charge >= 0.3 is 0 Å². The highest BCUT2D eigenvalue weighted by atomic mass is 15.1. The van der Waals surface area contributed by atoms with Gasteiger partial charge in [0, 0.05) is 18.4 Å². The molecule has 4 aromatic carbocycles. The first kappa shape index (κ1) is 20.5. The largest absolute Gasteiger partial charge is 0.345 e. The summed E-state index contributed by atoms with van der Waals surface area (Å²) >= 11 is 0. The maximum Gasteiger partial charge on any atom is 0.0414 e. The molecule has 0 spiro atoms. The number of hydrogen-bond acceptors (Lipinski definition) is 1. The normalized spacial score (nSPS) is 12.5. The Kier molecular flexibility index (Phi) is 4.89. The van der Waals surface area contributed by atoms with Gasteiger partial charge in [-0.05, 0) is 67.8 Å². The van der Waals surface area contributed by atoms with Crippen molar-refractivity contribution in [2.24, 2.45) is 0 Å². The van der Waals surface area contributed by atoms with Crippen molar-refractivity contribution in [3.63, 3.8) is 0 Å². The molecule has 0 aliphatic heterocycles. The van der Waals surface area contributed by atoms with Crippen LogP contribution in [0, 0.1) is 0 Å². The predicted molar refractivity (Wildman–Crippen MR) is 133 cm³/mol. The lowest BCUT2D eigenvalue weighted by molar-refractivity contribution is 0.568. The summed E-state index contributed by atoms with van der Waals surface area (Å²) in [4.78, 5) is 2.32. The van der Waals surface area contributed by atoms with Crippen molar-refractivity contribution in [2.45, 2.75) is 52.4 Å². The van der Waals surface area contributed by atoms with Crippen LogP contribution in [-0.4, -0.2) is 7.05 Å². The zero-order valence-corrected chi connectivity index (χ0v) is 19.4. The molecule has 1 heteroatoms. The molecule has 0 amide bonds. The van der Waals surface area contributed by atoms with Crippen LogP contribution in [-0.2, 0) is 10.8 Å². The van der Waals surface area contributed by atoms with Crippen molar-refractivity contribution in [3.05, 3.63) is 83.9 Å². The van der Waals surface area contributed by atoms with Gasteiger partial charge in [0.05, 0.1) is 0 Å². The van der Waals surface area contributed by atoms with Crippen LogP contribution in [0.2, 0.25) is 0 Å². The summed E-state index contributed by atoms with van der Waals surface area (Å²) in [5.74, 6) is 0. The van der Waals surface area contributed by atoms with Gasteiger partial charge in [-0.3, -0.25) is 0 Å². The van der Waals surface area contributed by atoms with E-state index in [0.717, 1.165) is 0 Å². The molecule has 1 nitrogen and oxygen atoms in total. The standard InChI is InChI=1S/C29H33N/c1-28(2,3)22-17-23(29(4,5)6)19-25(18-22)30(7)24-14-15-27-21(16-24)13-12-20-10-8-9-11-26(20)27/h8-19H,1-7H3. The van der Waals surface area contributed by atoms with Gasteiger partial charge in [0.1, 0.15) is 0 Å². The van der Waals surface area contributed by atoms with Gasteiger partial charge < -0.3 is 4.90 Å². The third kappa shape index (κ3) is 3.81. The molecule has 4 aromatic rings. The Hall–Kier alpha value is -2.80. The second-order valence-corrected chi connectivity index (χ2v) is 10.5. The molecule has 0 unspecified atom stereocenters. The summed E-state index contributed by atoms with van der Waals surface area (Å²) in [6.45, 7) is 13.7. The molecular formula is C29H33N. The second kappa shape index (κ2) is 7.16. The predicted octanol–water partition coefficient (Wildman–Crippen LogP) is 8.36. The minimum absolute atomic E-state index is 0.110. The van der Waals surface area contributed by atoms with E-state index in [1.165, 1.54) is 44.0 Å². The van der Waals surface area contributed by atoms with E-state index >= 15 is 0 Å². The van der Waals surface area contributed by atoms with E-state index in [-0.39, 0.29) is 10.8 Å². The van der Waals surface area contributed by atoms with Gasteiger partial charge in [0.2, 0.25) is 0 Å². The summed E-state index contributed by atoms with van der Waals surface area (Å²) in [5.41, 5.74) is 5.43. The Morgan fingerprint density at radius 2 is 1.10 bits per heavy atom. The van der Waals surface area contributed by atoms with E-state index < -0.39 is 0 Å². The molecule has 0 saturated carbocycles. The minimum Gasteiger partial charge on any atom is -0.345 e. The van der Waals surface area contributed by atoms with E-state index in [1.807, 2.05) is 0 Å². The fourth-order valence-corrected chi connectivity index (χ4v) is 4.03. The van der Waals surface area contributed by atoms with Crippen LogP contribution in [0.3, 0.4) is 0 Å². The molecule has 0 aliphatic carbocycles. The maximum atomic E-state index is 2.38. The first-order valence-corrected chi connectivity index (χ1v) is 10.9. The van der Waals surface area contributed by atoms with Crippen molar-refractivity contribution in [1.29, 1.82) is 0 Å². The second-order valence-electron chi connectivity index (χ2n) is 10.5. The van der Waals surface area contributed by atoms with E-state index in [1.54, 1.807) is 0 Å². The third-order valence-electron chi connectivity index (χ3n) is 6.15. The molecule has 0 N–H and O–H groups in total. The van der Waals surface area contributed by atoms with Crippen molar-refractivity contribution in [3.8, 4) is 0 Å². The van der Waals surface area contributed by atoms with Crippen molar-refractivity contribution >= 4 is 32.9 Å². The van der Waals surface area contributed by atoms with Crippen LogP contribution in [0.25, 0.3) is 21.5 Å². The lowest BCUT2D eigenvalue weighted by Gasteiger charge is -2.29. The van der Waals surface area contributed by atoms with Crippen LogP contribution in [0.5, 0.6) is 0 Å². The lowest BCUT2D eigenvalue weighted by Crippen LogP contribution is -2.19. The Balaban J connectivity index is 1.83. The first-order valence-electron chi connectivity index (χ1n) is 10.9. The average Bonchev–Trinajstić information content (AvgIpc) is 2.71. The molecule has 4 rings (SSSR count). The Labute approximate surface area is 181 Å². The topological polar surface area (TPSA) is 3.24 Å². The quantitative estimate of drug-likeness (QED) is 0.308. The summed E-state index contributed by atoms with van der Waals surface area (Å²) in [6, 6.07) is 27.0. The molecule has 0 radical (unpaired) electrons. The van der Waals surface area contributed by atoms with Crippen molar-refractivity contribution in [2.75, 3.05) is 11.9 Å². The molecular weight excluding hydrogens is 362 g/mol. The molecule has 154 valence electrons. The first-order chi connectivity index (χ1) is 14.0. The van der Waals surface area contributed by atoms with Gasteiger partial charge in [-0.25, -0.2) is 0 Å². The van der Waals surface area contributed by atoms with Gasteiger partial charge in [-0.2, -0.15) is 0 Å². The highest BCUT2D eigenvalue weighted by Crippen LogP contribution is 2.36. The zero-order valence-electron chi connectivity index (χ0n) is 19.4. The highest BCUT2D eigenvalue weighted by Gasteiger charge is 2.21. The van der Waals surface area contributed by atoms with E-state index in [0.29, 0.717) is 0 Å². The number of benzene rings is 4. The maximum absolute atomic E-state index is 2.38. The molecule has 0 atom stereocenters. The fraction of sp³-hybridized carbons (Fsp3) is 0.310. The number of anilines is 2. The third-order valence-corrected chi connectivity index (χ3v) is 6.15. The zero-order chi connectivity index (χ0) is 21.7. The smallest absolute Gasteiger partial charge is 0.0414 e. The molecule has 0 aliphatic rings. The number of hydrogen-bond donors (Lipinski definition) is 0. The van der Waals surface area contributed by atoms with E-state index in [9.17, 15) is 0 Å². The van der Waals surface area contributed by atoms with E-state index in [4.69, 9.17) is 0 Å². The highest BCUT2D eigenvalue weighted by molar-refractivity contribution is 6.08. The number of fused-ring (bicyclic) bond motifs is 3. The summed E-state index contributed by atoms with van der Waals surface area (Å²) in [6.07, 6.45) is 0. The van der Waals surface area contributed by atoms with Gasteiger partial charge in [-0.1, -0.05) is 90.1 Å². The number of nitrogens with zero attached hydrogens (tertiary/aromatic N) is 1. The van der Waals surface area contributed by atoms with E-state index in [2.05, 4.69) is 126 Å². The molecule has 30 heavy (non-hydrogen) atoms. The van der Waals surface area contributed by atoms with Gasteiger partial charge in [0.15, 0.2) is 0 Å². The summed E-state index contributed by atoms with van der Waals surface area (Å²) < 4.78 is 0. The van der Waals surface area contributed by atoms with Crippen LogP contribution < -0.4 is 4.90 Å². The van der Waals surface area contributed by atoms with Crippen LogP contribution >= 0.6 is 0 Å². The monoisotopic (exact) mass is 395 g/mol. The molecule has 0 bridgehead atoms. The SMILES string of the molecule is CN(c1cc(C(C)(C)C)cc(C(C)(C)C)c1)c1ccc2c(ccc3ccccc32)c1. The van der Waals surface area contributed by atoms with Crippen LogP contribution in [0.15, 0.2) is 72.8 Å². The van der Waals surface area contributed by atoms with Gasteiger partial charge in [0.25, 0.3) is 0 Å². The van der Waals surface area contributed by atoms with Crippen LogP contribution in [0.4, 0.5) is 11.4 Å². The Bertz CT molecular complexity index is 1190. The minimum atomic E-state index is 0.110.